The Morgan fingerprint density at radius 3 is 2.57 bits per heavy atom. The fraction of sp³-hybridized carbons (Fsp3) is 0.167. The summed E-state index contributed by atoms with van der Waals surface area (Å²) in [5.74, 6) is -1.44. The number of rotatable bonds is 4. The molecule has 0 saturated heterocycles. The van der Waals surface area contributed by atoms with E-state index in [0.717, 1.165) is 0 Å². The fourth-order valence-electron chi connectivity index (χ4n) is 1.85. The van der Waals surface area contributed by atoms with E-state index in [1.165, 1.54) is 25.1 Å². The highest BCUT2D eigenvalue weighted by molar-refractivity contribution is 7.92. The molecule has 1 aromatic heterocycles. The molecule has 112 valence electrons. The molecule has 0 aliphatic rings. The Morgan fingerprint density at radius 1 is 1.33 bits per heavy atom. The highest BCUT2D eigenvalue weighted by Gasteiger charge is 2.28. The van der Waals surface area contributed by atoms with Crippen molar-refractivity contribution in [2.75, 3.05) is 4.72 Å². The summed E-state index contributed by atoms with van der Waals surface area (Å²) in [7, 11) is -4.12. The summed E-state index contributed by atoms with van der Waals surface area (Å²) in [4.78, 5) is 10.6. The van der Waals surface area contributed by atoms with Crippen LogP contribution in [0.25, 0.3) is 0 Å². The van der Waals surface area contributed by atoms with E-state index in [4.69, 9.17) is 5.11 Å². The average molecular weight is 311 g/mol. The van der Waals surface area contributed by atoms with Gasteiger partial charge in [0.15, 0.2) is 5.69 Å². The molecule has 8 nitrogen and oxygen atoms in total. The number of hydrogen-bond acceptors (Lipinski definition) is 5. The SMILES string of the molecule is Cc1cc(O)ccc1NS(=O)(=O)c1c(C(=O)O)n[nH]c1C. The van der Waals surface area contributed by atoms with Crippen molar-refractivity contribution in [2.45, 2.75) is 18.7 Å². The van der Waals surface area contributed by atoms with E-state index in [0.29, 0.717) is 5.56 Å². The van der Waals surface area contributed by atoms with Gasteiger partial charge in [-0.1, -0.05) is 0 Å². The molecule has 21 heavy (non-hydrogen) atoms. The number of anilines is 1. The lowest BCUT2D eigenvalue weighted by Crippen LogP contribution is -2.17. The summed E-state index contributed by atoms with van der Waals surface area (Å²) >= 11 is 0. The number of carboxylic acids is 1. The highest BCUT2D eigenvalue weighted by Crippen LogP contribution is 2.25. The van der Waals surface area contributed by atoms with Gasteiger partial charge >= 0.3 is 5.97 Å². The number of aromatic hydroxyl groups is 1. The Bertz CT molecular complexity index is 810. The van der Waals surface area contributed by atoms with Gasteiger partial charge in [0.1, 0.15) is 10.6 Å². The molecule has 0 amide bonds. The number of benzene rings is 1. The molecule has 1 heterocycles. The molecule has 1 aromatic carbocycles. The first-order valence-electron chi connectivity index (χ1n) is 5.83. The van der Waals surface area contributed by atoms with Crippen LogP contribution in [0.3, 0.4) is 0 Å². The number of nitrogens with zero attached hydrogens (tertiary/aromatic N) is 1. The molecule has 0 aliphatic heterocycles. The maximum atomic E-state index is 12.3. The van der Waals surface area contributed by atoms with Crippen molar-refractivity contribution in [1.29, 1.82) is 0 Å². The van der Waals surface area contributed by atoms with Gasteiger partial charge in [-0.2, -0.15) is 5.10 Å². The zero-order chi connectivity index (χ0) is 15.8. The molecule has 0 atom stereocenters. The van der Waals surface area contributed by atoms with Gasteiger partial charge in [-0.15, -0.1) is 0 Å². The quantitative estimate of drug-likeness (QED) is 0.628. The molecule has 0 spiro atoms. The van der Waals surface area contributed by atoms with Crippen LogP contribution in [0.15, 0.2) is 23.1 Å². The summed E-state index contributed by atoms with van der Waals surface area (Å²) in [6.45, 7) is 3.02. The van der Waals surface area contributed by atoms with E-state index in [2.05, 4.69) is 14.9 Å². The maximum absolute atomic E-state index is 12.3. The van der Waals surface area contributed by atoms with Crippen LogP contribution in [0.1, 0.15) is 21.7 Å². The first kappa shape index (κ1) is 14.9. The number of aryl methyl sites for hydroxylation is 2. The van der Waals surface area contributed by atoms with Gasteiger partial charge in [-0.05, 0) is 37.6 Å². The van der Waals surface area contributed by atoms with Crippen LogP contribution < -0.4 is 4.72 Å². The van der Waals surface area contributed by atoms with Crippen molar-refractivity contribution < 1.29 is 23.4 Å². The molecule has 0 radical (unpaired) electrons. The van der Waals surface area contributed by atoms with Gasteiger partial charge in [0.05, 0.1) is 11.4 Å². The van der Waals surface area contributed by atoms with E-state index >= 15 is 0 Å². The Hall–Kier alpha value is -2.55. The molecule has 0 aliphatic carbocycles. The monoisotopic (exact) mass is 311 g/mol. The van der Waals surface area contributed by atoms with Crippen molar-refractivity contribution in [2.24, 2.45) is 0 Å². The predicted molar refractivity (Wildman–Crippen MR) is 73.9 cm³/mol. The fourth-order valence-corrected chi connectivity index (χ4v) is 3.31. The van der Waals surface area contributed by atoms with Crippen molar-refractivity contribution in [3.05, 3.63) is 35.2 Å². The van der Waals surface area contributed by atoms with Gasteiger partial charge in [-0.25, -0.2) is 13.2 Å². The maximum Gasteiger partial charge on any atom is 0.357 e. The van der Waals surface area contributed by atoms with Crippen LogP contribution >= 0.6 is 0 Å². The summed E-state index contributed by atoms with van der Waals surface area (Å²) in [5.41, 5.74) is 0.286. The number of H-pyrrole nitrogens is 1. The average Bonchev–Trinajstić information content (AvgIpc) is 2.76. The van der Waals surface area contributed by atoms with Crippen molar-refractivity contribution in [1.82, 2.24) is 10.2 Å². The second kappa shape index (κ2) is 5.09. The van der Waals surface area contributed by atoms with Crippen LogP contribution in [0, 0.1) is 13.8 Å². The number of aromatic nitrogens is 2. The summed E-state index contributed by atoms with van der Waals surface area (Å²) in [5, 5.41) is 24.1. The van der Waals surface area contributed by atoms with E-state index in [9.17, 15) is 18.3 Å². The lowest BCUT2D eigenvalue weighted by molar-refractivity contribution is 0.0686. The number of hydrogen-bond donors (Lipinski definition) is 4. The van der Waals surface area contributed by atoms with E-state index in [-0.39, 0.29) is 17.1 Å². The van der Waals surface area contributed by atoms with Crippen LogP contribution in [0.5, 0.6) is 5.75 Å². The third kappa shape index (κ3) is 2.82. The second-order valence-corrected chi connectivity index (χ2v) is 6.06. The lowest BCUT2D eigenvalue weighted by Gasteiger charge is -2.10. The lowest BCUT2D eigenvalue weighted by atomic mass is 10.2. The van der Waals surface area contributed by atoms with Gasteiger partial charge in [0, 0.05) is 0 Å². The van der Waals surface area contributed by atoms with Gasteiger partial charge in [-0.3, -0.25) is 9.82 Å². The van der Waals surface area contributed by atoms with Crippen molar-refractivity contribution in [3.63, 3.8) is 0 Å². The van der Waals surface area contributed by atoms with Gasteiger partial charge in [0.25, 0.3) is 10.0 Å². The van der Waals surface area contributed by atoms with E-state index in [1.54, 1.807) is 6.92 Å². The molecule has 0 unspecified atom stereocenters. The number of aromatic amines is 1. The Morgan fingerprint density at radius 2 is 2.00 bits per heavy atom. The minimum Gasteiger partial charge on any atom is -0.508 e. The number of carboxylic acid groups (broad SMARTS) is 1. The third-order valence-corrected chi connectivity index (χ3v) is 4.34. The zero-order valence-corrected chi connectivity index (χ0v) is 12.0. The number of phenols is 1. The minimum atomic E-state index is -4.12. The summed E-state index contributed by atoms with van der Waals surface area (Å²) in [6, 6.07) is 4.10. The van der Waals surface area contributed by atoms with Gasteiger partial charge < -0.3 is 10.2 Å². The van der Waals surface area contributed by atoms with Crippen LogP contribution in [0.4, 0.5) is 5.69 Å². The molecule has 0 fully saturated rings. The zero-order valence-electron chi connectivity index (χ0n) is 11.2. The first-order valence-corrected chi connectivity index (χ1v) is 7.31. The molecule has 4 N–H and O–H groups in total. The van der Waals surface area contributed by atoms with Crippen molar-refractivity contribution in [3.8, 4) is 5.75 Å². The molecule has 0 bridgehead atoms. The predicted octanol–water partition coefficient (Wildman–Crippen LogP) is 1.23. The Balaban J connectivity index is 2.48. The molecular weight excluding hydrogens is 298 g/mol. The van der Waals surface area contributed by atoms with Crippen LogP contribution in [-0.2, 0) is 10.0 Å². The van der Waals surface area contributed by atoms with Crippen LogP contribution in [-0.4, -0.2) is 34.8 Å². The molecule has 9 heteroatoms. The van der Waals surface area contributed by atoms with Crippen LogP contribution in [0.2, 0.25) is 0 Å². The number of phenolic OH excluding ortho intramolecular Hbond substituents is 1. The van der Waals surface area contributed by atoms with E-state index < -0.39 is 26.6 Å². The van der Waals surface area contributed by atoms with Crippen molar-refractivity contribution >= 4 is 21.7 Å². The Labute approximate surface area is 120 Å². The summed E-state index contributed by atoms with van der Waals surface area (Å²) < 4.78 is 27.0. The molecular formula is C12H13N3O5S. The number of nitrogens with one attached hydrogen (secondary N) is 2. The molecule has 2 rings (SSSR count). The van der Waals surface area contributed by atoms with Gasteiger partial charge in [0.2, 0.25) is 0 Å². The highest BCUT2D eigenvalue weighted by atomic mass is 32.2. The number of sulfonamides is 1. The second-order valence-electron chi connectivity index (χ2n) is 4.44. The Kier molecular flexibility index (Phi) is 3.60. The molecule has 0 saturated carbocycles. The minimum absolute atomic E-state index is 0.00108. The topological polar surface area (TPSA) is 132 Å². The normalized spacial score (nSPS) is 11.3. The number of carbonyl (C=O) groups is 1. The third-order valence-electron chi connectivity index (χ3n) is 2.82. The van der Waals surface area contributed by atoms with E-state index in [1.807, 2.05) is 0 Å². The summed E-state index contributed by atoms with van der Waals surface area (Å²) in [6.07, 6.45) is 0. The smallest absolute Gasteiger partial charge is 0.357 e. The largest absolute Gasteiger partial charge is 0.508 e. The molecule has 2 aromatic rings. The number of aromatic carboxylic acids is 1. The first-order chi connectivity index (χ1) is 9.72. The standard InChI is InChI=1S/C12H13N3O5S/c1-6-5-8(16)3-4-9(6)15-21(19,20)11-7(2)13-14-10(11)12(17)18/h3-5,15-16H,1-2H3,(H,13,14)(H,17,18).